The number of nitrogens with zero attached hydrogens (tertiary/aromatic N) is 2. The maximum atomic E-state index is 11.1. The van der Waals surface area contributed by atoms with E-state index in [1.54, 1.807) is 12.1 Å². The minimum Gasteiger partial charge on any atom is -0.478 e. The van der Waals surface area contributed by atoms with Gasteiger partial charge in [0.1, 0.15) is 5.82 Å². The normalized spacial score (nSPS) is 23.4. The van der Waals surface area contributed by atoms with Crippen molar-refractivity contribution in [3.8, 4) is 0 Å². The number of β-amino-alcohol motifs (C(OH)–C–C–N with tert-alkyl or cyclic N) is 1. The van der Waals surface area contributed by atoms with Gasteiger partial charge in [0, 0.05) is 18.8 Å². The summed E-state index contributed by atoms with van der Waals surface area (Å²) in [7, 11) is 0. The average Bonchev–Trinajstić information content (AvgIpc) is 2.41. The van der Waals surface area contributed by atoms with Crippen LogP contribution in [-0.2, 0) is 6.42 Å². The summed E-state index contributed by atoms with van der Waals surface area (Å²) in [4.78, 5) is 17.6. The zero-order valence-corrected chi connectivity index (χ0v) is 11.3. The van der Waals surface area contributed by atoms with Gasteiger partial charge in [0.2, 0.25) is 0 Å². The first-order valence-electron chi connectivity index (χ1n) is 6.68. The van der Waals surface area contributed by atoms with Gasteiger partial charge >= 0.3 is 5.97 Å². The van der Waals surface area contributed by atoms with Gasteiger partial charge in [-0.25, -0.2) is 9.78 Å². The molecule has 5 heteroatoms. The number of aliphatic hydroxyl groups excluding tert-OH is 1. The smallest absolute Gasteiger partial charge is 0.335 e. The van der Waals surface area contributed by atoms with Gasteiger partial charge in [0.05, 0.1) is 11.7 Å². The fraction of sp³-hybridized carbons (Fsp3) is 0.571. The monoisotopic (exact) mass is 264 g/mol. The molecule has 0 bridgehead atoms. The summed E-state index contributed by atoms with van der Waals surface area (Å²) >= 11 is 0. The second-order valence-electron chi connectivity index (χ2n) is 5.14. The number of aryl methyl sites for hydroxylation is 1. The first kappa shape index (κ1) is 13.8. The van der Waals surface area contributed by atoms with Crippen molar-refractivity contribution in [3.63, 3.8) is 0 Å². The highest BCUT2D eigenvalue weighted by molar-refractivity contribution is 5.88. The molecule has 2 heterocycles. The van der Waals surface area contributed by atoms with Gasteiger partial charge in [-0.2, -0.15) is 0 Å². The molecule has 0 amide bonds. The van der Waals surface area contributed by atoms with E-state index in [4.69, 9.17) is 5.11 Å². The van der Waals surface area contributed by atoms with Gasteiger partial charge < -0.3 is 15.1 Å². The molecule has 1 saturated heterocycles. The van der Waals surface area contributed by atoms with Crippen LogP contribution >= 0.6 is 0 Å². The van der Waals surface area contributed by atoms with Gasteiger partial charge in [-0.05, 0) is 30.9 Å². The third kappa shape index (κ3) is 3.04. The number of anilines is 1. The Kier molecular flexibility index (Phi) is 4.04. The van der Waals surface area contributed by atoms with E-state index in [1.165, 1.54) is 0 Å². The molecule has 104 valence electrons. The summed E-state index contributed by atoms with van der Waals surface area (Å²) < 4.78 is 0. The summed E-state index contributed by atoms with van der Waals surface area (Å²) in [5.74, 6) is -0.00321. The molecule has 0 saturated carbocycles. The van der Waals surface area contributed by atoms with Gasteiger partial charge in [-0.3, -0.25) is 0 Å². The number of hydrogen-bond acceptors (Lipinski definition) is 4. The summed E-state index contributed by atoms with van der Waals surface area (Å²) in [5.41, 5.74) is 1.03. The highest BCUT2D eigenvalue weighted by Gasteiger charge is 2.25. The molecule has 5 nitrogen and oxygen atoms in total. The van der Waals surface area contributed by atoms with Crippen LogP contribution in [0.1, 0.15) is 36.3 Å². The molecule has 2 atom stereocenters. The predicted octanol–water partition coefficient (Wildman–Crippen LogP) is 1.55. The molecule has 0 radical (unpaired) electrons. The number of piperidine rings is 1. The zero-order valence-electron chi connectivity index (χ0n) is 11.3. The number of hydrogen-bond donors (Lipinski definition) is 2. The molecule has 1 aromatic heterocycles. The number of rotatable bonds is 3. The van der Waals surface area contributed by atoms with E-state index in [2.05, 4.69) is 4.98 Å². The summed E-state index contributed by atoms with van der Waals surface area (Å²) in [5, 5.41) is 19.1. The van der Waals surface area contributed by atoms with E-state index in [1.807, 2.05) is 18.7 Å². The molecule has 1 fully saturated rings. The third-order valence-electron chi connectivity index (χ3n) is 3.72. The lowest BCUT2D eigenvalue weighted by atomic mass is 9.96. The van der Waals surface area contributed by atoms with E-state index >= 15 is 0 Å². The van der Waals surface area contributed by atoms with Crippen LogP contribution in [0, 0.1) is 5.92 Å². The average molecular weight is 264 g/mol. The van der Waals surface area contributed by atoms with E-state index in [0.717, 1.165) is 18.7 Å². The van der Waals surface area contributed by atoms with Crippen molar-refractivity contribution >= 4 is 11.8 Å². The molecule has 19 heavy (non-hydrogen) atoms. The van der Waals surface area contributed by atoms with Crippen LogP contribution in [0.4, 0.5) is 5.82 Å². The van der Waals surface area contributed by atoms with E-state index in [-0.39, 0.29) is 17.6 Å². The highest BCUT2D eigenvalue weighted by atomic mass is 16.4. The van der Waals surface area contributed by atoms with Crippen LogP contribution in [0.25, 0.3) is 0 Å². The Hall–Kier alpha value is -1.62. The van der Waals surface area contributed by atoms with Crippen molar-refractivity contribution in [1.29, 1.82) is 0 Å². The Bertz CT molecular complexity index is 476. The van der Waals surface area contributed by atoms with Crippen LogP contribution in [0.15, 0.2) is 12.1 Å². The number of carboxylic acid groups (broad SMARTS) is 1. The van der Waals surface area contributed by atoms with Crippen molar-refractivity contribution in [2.45, 2.75) is 32.8 Å². The number of aliphatic hydroxyl groups is 1. The molecule has 2 rings (SSSR count). The minimum absolute atomic E-state index is 0.259. The number of aromatic nitrogens is 1. The number of carbonyl (C=O) groups is 1. The molecule has 1 aromatic rings. The first-order valence-corrected chi connectivity index (χ1v) is 6.68. The maximum Gasteiger partial charge on any atom is 0.335 e. The lowest BCUT2D eigenvalue weighted by Gasteiger charge is -2.35. The molecule has 0 spiro atoms. The molecule has 0 aliphatic carbocycles. The minimum atomic E-state index is -0.940. The molecular weight excluding hydrogens is 244 g/mol. The molecule has 2 unspecified atom stereocenters. The molecular formula is C14H20N2O3. The van der Waals surface area contributed by atoms with Crippen molar-refractivity contribution in [2.75, 3.05) is 18.0 Å². The number of aromatic carboxylic acids is 1. The standard InChI is InChI=1S/C14H20N2O3/c1-3-11-6-10(14(18)19)7-13(15-11)16-5-4-9(2)12(17)8-16/h6-7,9,12,17H,3-5,8H2,1-2H3,(H,18,19). The lowest BCUT2D eigenvalue weighted by molar-refractivity contribution is 0.0696. The second kappa shape index (κ2) is 5.57. The van der Waals surface area contributed by atoms with Gasteiger partial charge in [-0.15, -0.1) is 0 Å². The van der Waals surface area contributed by atoms with Crippen molar-refractivity contribution in [1.82, 2.24) is 4.98 Å². The Morgan fingerprint density at radius 1 is 1.53 bits per heavy atom. The van der Waals surface area contributed by atoms with Crippen molar-refractivity contribution in [2.24, 2.45) is 5.92 Å². The molecule has 1 aliphatic heterocycles. The number of pyridine rings is 1. The van der Waals surface area contributed by atoms with Crippen LogP contribution in [-0.4, -0.2) is 40.4 Å². The van der Waals surface area contributed by atoms with Crippen molar-refractivity contribution < 1.29 is 15.0 Å². The SMILES string of the molecule is CCc1cc(C(=O)O)cc(N2CCC(C)C(O)C2)n1. The topological polar surface area (TPSA) is 73.7 Å². The summed E-state index contributed by atoms with van der Waals surface area (Å²) in [6.45, 7) is 5.29. The van der Waals surface area contributed by atoms with Crippen LogP contribution in [0.3, 0.4) is 0 Å². The Labute approximate surface area is 112 Å². The highest BCUT2D eigenvalue weighted by Crippen LogP contribution is 2.23. The maximum absolute atomic E-state index is 11.1. The first-order chi connectivity index (χ1) is 9.01. The Balaban J connectivity index is 2.28. The fourth-order valence-electron chi connectivity index (χ4n) is 2.30. The van der Waals surface area contributed by atoms with E-state index in [0.29, 0.717) is 18.8 Å². The largest absolute Gasteiger partial charge is 0.478 e. The van der Waals surface area contributed by atoms with Crippen LogP contribution < -0.4 is 4.90 Å². The Morgan fingerprint density at radius 3 is 2.84 bits per heavy atom. The predicted molar refractivity (Wildman–Crippen MR) is 72.6 cm³/mol. The van der Waals surface area contributed by atoms with E-state index in [9.17, 15) is 9.90 Å². The van der Waals surface area contributed by atoms with Gasteiger partial charge in [-0.1, -0.05) is 13.8 Å². The third-order valence-corrected chi connectivity index (χ3v) is 3.72. The quantitative estimate of drug-likeness (QED) is 0.866. The molecule has 2 N–H and O–H groups in total. The molecule has 1 aliphatic rings. The van der Waals surface area contributed by atoms with Crippen molar-refractivity contribution in [3.05, 3.63) is 23.4 Å². The molecule has 0 aromatic carbocycles. The van der Waals surface area contributed by atoms with Crippen LogP contribution in [0.5, 0.6) is 0 Å². The van der Waals surface area contributed by atoms with Gasteiger partial charge in [0.25, 0.3) is 0 Å². The Morgan fingerprint density at radius 2 is 2.26 bits per heavy atom. The summed E-state index contributed by atoms with van der Waals surface area (Å²) in [6.07, 6.45) is 1.21. The number of carboxylic acids is 1. The fourth-order valence-corrected chi connectivity index (χ4v) is 2.30. The second-order valence-corrected chi connectivity index (χ2v) is 5.14. The van der Waals surface area contributed by atoms with Gasteiger partial charge in [0.15, 0.2) is 0 Å². The van der Waals surface area contributed by atoms with E-state index < -0.39 is 5.97 Å². The zero-order chi connectivity index (χ0) is 14.0. The lowest BCUT2D eigenvalue weighted by Crippen LogP contribution is -2.43. The summed E-state index contributed by atoms with van der Waals surface area (Å²) in [6, 6.07) is 3.19. The van der Waals surface area contributed by atoms with Crippen LogP contribution in [0.2, 0.25) is 0 Å².